The first kappa shape index (κ1) is 17.5. The summed E-state index contributed by atoms with van der Waals surface area (Å²) < 4.78 is 7.21. The van der Waals surface area contributed by atoms with Crippen molar-refractivity contribution in [1.82, 2.24) is 5.32 Å². The highest BCUT2D eigenvalue weighted by atomic mass is 79.9. The van der Waals surface area contributed by atoms with E-state index in [0.29, 0.717) is 13.2 Å². The van der Waals surface area contributed by atoms with Crippen molar-refractivity contribution < 1.29 is 14.6 Å². The van der Waals surface area contributed by atoms with E-state index in [-0.39, 0.29) is 5.92 Å². The van der Waals surface area contributed by atoms with Crippen LogP contribution in [-0.4, -0.2) is 23.7 Å². The number of benzene rings is 1. The van der Waals surface area contributed by atoms with Crippen LogP contribution in [0.1, 0.15) is 26.3 Å². The van der Waals surface area contributed by atoms with Crippen molar-refractivity contribution in [2.24, 2.45) is 5.92 Å². The second-order valence-electron chi connectivity index (χ2n) is 4.76. The highest BCUT2D eigenvalue weighted by molar-refractivity contribution is 9.11. The second kappa shape index (κ2) is 8.00. The van der Waals surface area contributed by atoms with Gasteiger partial charge in [0.25, 0.3) is 0 Å². The first-order valence-corrected chi connectivity index (χ1v) is 8.02. The molecule has 0 aromatic heterocycles. The number of carbonyl (C=O) groups is 1. The van der Waals surface area contributed by atoms with Crippen molar-refractivity contribution in [1.29, 1.82) is 0 Å². The van der Waals surface area contributed by atoms with Gasteiger partial charge in [0.15, 0.2) is 0 Å². The fraction of sp³-hybridized carbons (Fsp3) is 0.500. The van der Waals surface area contributed by atoms with Gasteiger partial charge in [0.1, 0.15) is 11.8 Å². The largest absolute Gasteiger partial charge is 0.492 e. The van der Waals surface area contributed by atoms with Crippen LogP contribution in [0.5, 0.6) is 5.75 Å². The number of carboxylic acids is 1. The van der Waals surface area contributed by atoms with Crippen molar-refractivity contribution in [2.45, 2.75) is 33.4 Å². The Morgan fingerprint density at radius 3 is 2.30 bits per heavy atom. The molecule has 0 aliphatic carbocycles. The minimum absolute atomic E-state index is 0.0297. The van der Waals surface area contributed by atoms with E-state index in [9.17, 15) is 4.79 Å². The van der Waals surface area contributed by atoms with Crippen LogP contribution in [0.4, 0.5) is 0 Å². The topological polar surface area (TPSA) is 58.6 Å². The van der Waals surface area contributed by atoms with Crippen LogP contribution in [0.15, 0.2) is 21.1 Å². The summed E-state index contributed by atoms with van der Waals surface area (Å²) in [4.78, 5) is 11.1. The fourth-order valence-electron chi connectivity index (χ4n) is 1.83. The third-order valence-corrected chi connectivity index (χ3v) is 3.98. The first-order chi connectivity index (χ1) is 9.36. The summed E-state index contributed by atoms with van der Waals surface area (Å²) in [6, 6.07) is 3.31. The predicted molar refractivity (Wildman–Crippen MR) is 86.1 cm³/mol. The van der Waals surface area contributed by atoms with E-state index in [2.05, 4.69) is 37.2 Å². The molecular weight excluding hydrogens is 390 g/mol. The molecule has 6 heteroatoms. The zero-order valence-electron chi connectivity index (χ0n) is 11.7. The van der Waals surface area contributed by atoms with Crippen LogP contribution >= 0.6 is 31.9 Å². The van der Waals surface area contributed by atoms with Gasteiger partial charge in [-0.2, -0.15) is 0 Å². The maximum Gasteiger partial charge on any atom is 0.320 e. The molecule has 112 valence electrons. The zero-order chi connectivity index (χ0) is 15.3. The molecule has 0 aliphatic rings. The minimum Gasteiger partial charge on any atom is -0.492 e. The van der Waals surface area contributed by atoms with Crippen LogP contribution < -0.4 is 10.1 Å². The number of carboxylic acid groups (broad SMARTS) is 1. The lowest BCUT2D eigenvalue weighted by Gasteiger charge is -2.18. The third kappa shape index (κ3) is 4.75. The molecule has 1 aromatic carbocycles. The Bertz CT molecular complexity index is 454. The first-order valence-electron chi connectivity index (χ1n) is 6.43. The fourth-order valence-corrected chi connectivity index (χ4v) is 3.34. The van der Waals surface area contributed by atoms with Crippen LogP contribution in [0.2, 0.25) is 0 Å². The molecule has 1 atom stereocenters. The molecule has 0 bridgehead atoms. The van der Waals surface area contributed by atoms with Crippen molar-refractivity contribution in [2.75, 3.05) is 6.61 Å². The quantitative estimate of drug-likeness (QED) is 0.720. The molecule has 0 saturated heterocycles. The Balaban J connectivity index is 2.81. The summed E-state index contributed by atoms with van der Waals surface area (Å²) in [5.41, 5.74) is 0.985. The summed E-state index contributed by atoms with van der Waals surface area (Å²) in [5.74, 6) is -0.0407. The summed E-state index contributed by atoms with van der Waals surface area (Å²) in [6.45, 7) is 6.77. The molecule has 0 fully saturated rings. The summed E-state index contributed by atoms with van der Waals surface area (Å²) >= 11 is 6.93. The average Bonchev–Trinajstić information content (AvgIpc) is 2.33. The van der Waals surface area contributed by atoms with Gasteiger partial charge in [0, 0.05) is 6.54 Å². The van der Waals surface area contributed by atoms with E-state index in [1.807, 2.05) is 32.9 Å². The van der Waals surface area contributed by atoms with E-state index in [4.69, 9.17) is 9.84 Å². The summed E-state index contributed by atoms with van der Waals surface area (Å²) in [7, 11) is 0. The van der Waals surface area contributed by atoms with Gasteiger partial charge in [0.2, 0.25) is 0 Å². The average molecular weight is 409 g/mol. The number of halogens is 2. The smallest absolute Gasteiger partial charge is 0.320 e. The molecule has 0 amide bonds. The lowest BCUT2D eigenvalue weighted by atomic mass is 10.0. The van der Waals surface area contributed by atoms with Crippen molar-refractivity contribution in [3.05, 3.63) is 26.6 Å². The standard InChI is InChI=1S/C14H19Br2NO3/c1-4-20-13-10(15)5-9(6-11(13)16)7-17-12(8(2)3)14(18)19/h5-6,8,12,17H,4,7H2,1-3H3,(H,18,19). The van der Waals surface area contributed by atoms with Crippen LogP contribution in [-0.2, 0) is 11.3 Å². The minimum atomic E-state index is -0.830. The molecule has 0 saturated carbocycles. The number of aliphatic carboxylic acids is 1. The zero-order valence-corrected chi connectivity index (χ0v) is 14.9. The highest BCUT2D eigenvalue weighted by Crippen LogP contribution is 2.34. The number of ether oxygens (including phenoxy) is 1. The molecular formula is C14H19Br2NO3. The maximum atomic E-state index is 11.1. The van der Waals surface area contributed by atoms with E-state index in [1.54, 1.807) is 0 Å². The number of hydrogen-bond acceptors (Lipinski definition) is 3. The van der Waals surface area contributed by atoms with E-state index >= 15 is 0 Å². The van der Waals surface area contributed by atoms with Gasteiger partial charge in [-0.05, 0) is 62.4 Å². The maximum absolute atomic E-state index is 11.1. The number of hydrogen-bond donors (Lipinski definition) is 2. The van der Waals surface area contributed by atoms with E-state index < -0.39 is 12.0 Å². The predicted octanol–water partition coefficient (Wildman–Crippen LogP) is 3.81. The SMILES string of the molecule is CCOc1c(Br)cc(CNC(C(=O)O)C(C)C)cc1Br. The molecule has 0 radical (unpaired) electrons. The molecule has 2 N–H and O–H groups in total. The lowest BCUT2D eigenvalue weighted by molar-refractivity contribution is -0.140. The van der Waals surface area contributed by atoms with Gasteiger partial charge in [-0.15, -0.1) is 0 Å². The molecule has 0 heterocycles. The van der Waals surface area contributed by atoms with Gasteiger partial charge >= 0.3 is 5.97 Å². The molecule has 0 aliphatic heterocycles. The molecule has 1 unspecified atom stereocenters. The Labute approximate surface area is 136 Å². The van der Waals surface area contributed by atoms with Crippen molar-refractivity contribution >= 4 is 37.8 Å². The highest BCUT2D eigenvalue weighted by Gasteiger charge is 2.20. The molecule has 1 rings (SSSR count). The molecule has 20 heavy (non-hydrogen) atoms. The van der Waals surface area contributed by atoms with Crippen molar-refractivity contribution in [3.63, 3.8) is 0 Å². The Morgan fingerprint density at radius 2 is 1.90 bits per heavy atom. The summed E-state index contributed by atoms with van der Waals surface area (Å²) in [5, 5.41) is 12.2. The van der Waals surface area contributed by atoms with Gasteiger partial charge < -0.3 is 15.2 Å². The van der Waals surface area contributed by atoms with Gasteiger partial charge in [-0.3, -0.25) is 4.79 Å². The normalized spacial score (nSPS) is 12.5. The Hall–Kier alpha value is -0.590. The van der Waals surface area contributed by atoms with Crippen LogP contribution in [0, 0.1) is 5.92 Å². The molecule has 1 aromatic rings. The monoisotopic (exact) mass is 407 g/mol. The Morgan fingerprint density at radius 1 is 1.35 bits per heavy atom. The Kier molecular flexibility index (Phi) is 6.99. The number of nitrogens with one attached hydrogen (secondary N) is 1. The van der Waals surface area contributed by atoms with Crippen molar-refractivity contribution in [3.8, 4) is 5.75 Å². The second-order valence-corrected chi connectivity index (χ2v) is 6.47. The summed E-state index contributed by atoms with van der Waals surface area (Å²) in [6.07, 6.45) is 0. The molecule has 4 nitrogen and oxygen atoms in total. The van der Waals surface area contributed by atoms with E-state index in [1.165, 1.54) is 0 Å². The lowest BCUT2D eigenvalue weighted by Crippen LogP contribution is -2.40. The molecule has 0 spiro atoms. The van der Waals surface area contributed by atoms with Crippen LogP contribution in [0.3, 0.4) is 0 Å². The third-order valence-electron chi connectivity index (χ3n) is 2.81. The number of rotatable bonds is 7. The van der Waals surface area contributed by atoms with Gasteiger partial charge in [-0.25, -0.2) is 0 Å². The van der Waals surface area contributed by atoms with Gasteiger partial charge in [0.05, 0.1) is 15.6 Å². The van der Waals surface area contributed by atoms with Crippen LogP contribution in [0.25, 0.3) is 0 Å². The van der Waals surface area contributed by atoms with Gasteiger partial charge in [-0.1, -0.05) is 13.8 Å². The van der Waals surface area contributed by atoms with E-state index in [0.717, 1.165) is 20.3 Å².